The fraction of sp³-hybridized carbons (Fsp3) is 0.368. The lowest BCUT2D eigenvalue weighted by Gasteiger charge is -2.15. The zero-order chi connectivity index (χ0) is 21.5. The number of benzene rings is 1. The van der Waals surface area contributed by atoms with Crippen molar-refractivity contribution in [1.29, 1.82) is 0 Å². The predicted molar refractivity (Wildman–Crippen MR) is 102 cm³/mol. The monoisotopic (exact) mass is 424 g/mol. The van der Waals surface area contributed by atoms with E-state index in [2.05, 4.69) is 4.74 Å². The third-order valence-corrected chi connectivity index (χ3v) is 4.81. The van der Waals surface area contributed by atoms with Gasteiger partial charge in [-0.1, -0.05) is 11.6 Å². The number of ether oxygens (including phenoxy) is 2. The van der Waals surface area contributed by atoms with Crippen molar-refractivity contribution >= 4 is 23.7 Å². The predicted octanol–water partition coefficient (Wildman–Crippen LogP) is 2.46. The van der Waals surface area contributed by atoms with Crippen LogP contribution in [0, 0.1) is 5.82 Å². The Balaban J connectivity index is 2.32. The van der Waals surface area contributed by atoms with Gasteiger partial charge in [-0.25, -0.2) is 23.3 Å². The molecular weight excluding hydrogens is 407 g/mol. The van der Waals surface area contributed by atoms with Crippen LogP contribution in [0.5, 0.6) is 0 Å². The quantitative estimate of drug-likeness (QED) is 0.702. The van der Waals surface area contributed by atoms with E-state index in [1.807, 2.05) is 0 Å². The maximum atomic E-state index is 14.7. The Labute approximate surface area is 169 Å². The van der Waals surface area contributed by atoms with Crippen LogP contribution in [0.4, 0.5) is 9.18 Å². The van der Waals surface area contributed by atoms with Crippen molar-refractivity contribution in [2.75, 3.05) is 7.11 Å². The summed E-state index contributed by atoms with van der Waals surface area (Å²) in [5.74, 6) is -1.85. The van der Waals surface area contributed by atoms with Crippen LogP contribution in [-0.4, -0.2) is 34.4 Å². The zero-order valence-corrected chi connectivity index (χ0v) is 16.7. The molecule has 1 aromatic carbocycles. The number of hydrogen-bond donors (Lipinski definition) is 0. The Kier molecular flexibility index (Phi) is 5.61. The van der Waals surface area contributed by atoms with Gasteiger partial charge in [0.15, 0.2) is 0 Å². The number of carbonyl (C=O) groups excluding carboxylic acids is 2. The molecule has 1 aromatic heterocycles. The van der Waals surface area contributed by atoms with E-state index in [1.165, 1.54) is 0 Å². The number of esters is 1. The summed E-state index contributed by atoms with van der Waals surface area (Å²) < 4.78 is 25.7. The molecule has 1 aliphatic rings. The molecule has 2 aromatic rings. The molecule has 154 valence electrons. The van der Waals surface area contributed by atoms with Gasteiger partial charge in [0.25, 0.3) is 5.56 Å². The van der Waals surface area contributed by atoms with Crippen LogP contribution in [0.15, 0.2) is 21.7 Å². The number of methoxy groups -OCH3 is 1. The van der Waals surface area contributed by atoms with Gasteiger partial charge in [-0.3, -0.25) is 4.79 Å². The second-order valence-electron chi connectivity index (χ2n) is 6.74. The van der Waals surface area contributed by atoms with Crippen LogP contribution in [0.2, 0.25) is 5.02 Å². The van der Waals surface area contributed by atoms with Crippen molar-refractivity contribution in [3.05, 3.63) is 60.6 Å². The summed E-state index contributed by atoms with van der Waals surface area (Å²) in [7, 11) is 1.09. The minimum Gasteiger partial charge on any atom is -0.459 e. The number of fused-ring (bicyclic) bond motifs is 1. The highest BCUT2D eigenvalue weighted by molar-refractivity contribution is 6.33. The number of hydrogen-bond acceptors (Lipinski definition) is 6. The summed E-state index contributed by atoms with van der Waals surface area (Å²) in [6.45, 7) is 3.24. The van der Waals surface area contributed by atoms with E-state index in [0.29, 0.717) is 28.4 Å². The van der Waals surface area contributed by atoms with Crippen molar-refractivity contribution in [2.45, 2.75) is 39.2 Å². The van der Waals surface area contributed by atoms with E-state index in [0.717, 1.165) is 19.2 Å². The Morgan fingerprint density at radius 3 is 2.52 bits per heavy atom. The first-order valence-electron chi connectivity index (χ1n) is 8.85. The van der Waals surface area contributed by atoms with E-state index >= 15 is 0 Å². The first kappa shape index (κ1) is 20.8. The second-order valence-corrected chi connectivity index (χ2v) is 7.15. The molecule has 10 heteroatoms. The molecule has 0 radical (unpaired) electrons. The molecule has 1 heterocycles. The van der Waals surface area contributed by atoms with E-state index in [4.69, 9.17) is 16.3 Å². The van der Waals surface area contributed by atoms with Crippen molar-refractivity contribution < 1.29 is 23.5 Å². The van der Waals surface area contributed by atoms with Crippen LogP contribution in [-0.2, 0) is 22.3 Å². The molecule has 0 spiro atoms. The van der Waals surface area contributed by atoms with Crippen LogP contribution in [0.25, 0.3) is 5.69 Å². The number of carbonyl (C=O) groups is 2. The largest absolute Gasteiger partial charge is 0.459 e. The number of rotatable bonds is 3. The molecule has 0 bridgehead atoms. The molecule has 0 amide bonds. The fourth-order valence-corrected chi connectivity index (χ4v) is 3.50. The van der Waals surface area contributed by atoms with E-state index in [-0.39, 0.29) is 21.8 Å². The molecule has 0 atom stereocenters. The lowest BCUT2D eigenvalue weighted by molar-refractivity contribution is 0.0378. The third kappa shape index (κ3) is 3.57. The first-order valence-corrected chi connectivity index (χ1v) is 9.23. The fourth-order valence-electron chi connectivity index (χ4n) is 3.28. The minimum atomic E-state index is -1.09. The van der Waals surface area contributed by atoms with E-state index < -0.39 is 40.9 Å². The number of aromatic nitrogens is 2. The average Bonchev–Trinajstić information content (AvgIpc) is 3.12. The first-order chi connectivity index (χ1) is 13.7. The maximum absolute atomic E-state index is 14.7. The Hall–Kier alpha value is -2.94. The van der Waals surface area contributed by atoms with Gasteiger partial charge in [0.1, 0.15) is 5.82 Å². The van der Waals surface area contributed by atoms with Crippen LogP contribution in [0.3, 0.4) is 0 Å². The highest BCUT2D eigenvalue weighted by Crippen LogP contribution is 2.25. The minimum absolute atomic E-state index is 0.215. The van der Waals surface area contributed by atoms with E-state index in [9.17, 15) is 23.6 Å². The summed E-state index contributed by atoms with van der Waals surface area (Å²) in [6.07, 6.45) is -0.240. The number of nitrogens with zero attached hydrogens (tertiary/aromatic N) is 2. The molecule has 0 unspecified atom stereocenters. The van der Waals surface area contributed by atoms with Crippen LogP contribution in [0.1, 0.15) is 41.9 Å². The van der Waals surface area contributed by atoms with Gasteiger partial charge in [-0.15, -0.1) is 0 Å². The van der Waals surface area contributed by atoms with Crippen LogP contribution >= 0.6 is 11.6 Å². The average molecular weight is 425 g/mol. The lowest BCUT2D eigenvalue weighted by Crippen LogP contribution is -2.44. The zero-order valence-electron chi connectivity index (χ0n) is 16.0. The second kappa shape index (κ2) is 7.82. The van der Waals surface area contributed by atoms with E-state index in [1.54, 1.807) is 13.8 Å². The molecule has 0 saturated heterocycles. The van der Waals surface area contributed by atoms with Gasteiger partial charge in [0.2, 0.25) is 0 Å². The number of halogens is 2. The summed E-state index contributed by atoms with van der Waals surface area (Å²) >= 11 is 5.96. The maximum Gasteiger partial charge on any atom is 0.422 e. The summed E-state index contributed by atoms with van der Waals surface area (Å²) in [4.78, 5) is 50.3. The highest BCUT2D eigenvalue weighted by atomic mass is 35.5. The molecule has 3 rings (SSSR count). The van der Waals surface area contributed by atoms with Gasteiger partial charge in [-0.2, -0.15) is 4.57 Å². The normalized spacial score (nSPS) is 12.8. The summed E-state index contributed by atoms with van der Waals surface area (Å²) in [5, 5.41) is -0.237. The highest BCUT2D eigenvalue weighted by Gasteiger charge is 2.29. The molecule has 0 saturated carbocycles. The van der Waals surface area contributed by atoms with Gasteiger partial charge in [0.05, 0.1) is 29.5 Å². The van der Waals surface area contributed by atoms with Crippen molar-refractivity contribution in [1.82, 2.24) is 9.13 Å². The SMILES string of the molecule is COC(=O)n1c2c(c(=O)n(-c3cc(C(=O)OC(C)C)c(Cl)cc3F)c1=O)CCC2. The molecule has 0 N–H and O–H groups in total. The molecule has 0 aliphatic heterocycles. The Morgan fingerprint density at radius 1 is 1.21 bits per heavy atom. The smallest absolute Gasteiger partial charge is 0.422 e. The van der Waals surface area contributed by atoms with Crippen LogP contribution < -0.4 is 11.2 Å². The molecule has 1 aliphatic carbocycles. The van der Waals surface area contributed by atoms with Gasteiger partial charge in [0, 0.05) is 11.3 Å². The van der Waals surface area contributed by atoms with Crippen molar-refractivity contribution in [2.24, 2.45) is 0 Å². The molecule has 8 nitrogen and oxygen atoms in total. The van der Waals surface area contributed by atoms with Crippen molar-refractivity contribution in [3.63, 3.8) is 0 Å². The molecule has 0 fully saturated rings. The van der Waals surface area contributed by atoms with Gasteiger partial charge < -0.3 is 9.47 Å². The Morgan fingerprint density at radius 2 is 1.90 bits per heavy atom. The van der Waals surface area contributed by atoms with Gasteiger partial charge in [-0.05, 0) is 45.2 Å². The summed E-state index contributed by atoms with van der Waals surface area (Å²) in [5.41, 5.74) is -2.10. The molecular formula is C19H18ClFN2O6. The molecule has 29 heavy (non-hydrogen) atoms. The van der Waals surface area contributed by atoms with Crippen molar-refractivity contribution in [3.8, 4) is 5.69 Å². The third-order valence-electron chi connectivity index (χ3n) is 4.50. The van der Waals surface area contributed by atoms with Gasteiger partial charge >= 0.3 is 17.8 Å². The topological polar surface area (TPSA) is 96.6 Å². The lowest BCUT2D eigenvalue weighted by atomic mass is 10.1. The Bertz CT molecular complexity index is 1130. The standard InChI is InChI=1S/C19H18ClFN2O6/c1-9(2)29-17(25)11-7-15(13(21)8-12(11)20)22-16(24)10-5-4-6-14(10)23(18(22)26)19(27)28-3/h7-9H,4-6H2,1-3H3. The summed E-state index contributed by atoms with van der Waals surface area (Å²) in [6, 6.07) is 1.78.